The van der Waals surface area contributed by atoms with Gasteiger partial charge in [0.2, 0.25) is 0 Å². The maximum absolute atomic E-state index is 11.8. The lowest BCUT2D eigenvalue weighted by atomic mass is 10.1. The number of nitrogen functional groups attached to an aromatic ring is 1. The Balaban J connectivity index is 2.25. The van der Waals surface area contributed by atoms with E-state index in [4.69, 9.17) is 5.73 Å². The number of hydrogen-bond donors (Lipinski definition) is 2. The second-order valence-corrected chi connectivity index (χ2v) is 4.55. The van der Waals surface area contributed by atoms with Crippen LogP contribution in [0.5, 0.6) is 0 Å². The van der Waals surface area contributed by atoms with Gasteiger partial charge in [0.25, 0.3) is 5.91 Å². The van der Waals surface area contributed by atoms with Crippen LogP contribution >= 0.6 is 11.5 Å². The average Bonchev–Trinajstić information content (AvgIpc) is 2.79. The van der Waals surface area contributed by atoms with Gasteiger partial charge in [-0.05, 0) is 48.6 Å². The van der Waals surface area contributed by atoms with Crippen LogP contribution in [0.4, 0.5) is 11.4 Å². The van der Waals surface area contributed by atoms with Crippen LogP contribution in [-0.2, 0) is 0 Å². The lowest BCUT2D eigenvalue weighted by Gasteiger charge is -2.10. The highest BCUT2D eigenvalue weighted by Gasteiger charge is 2.10. The molecule has 0 unspecified atom stereocenters. The fourth-order valence-electron chi connectivity index (χ4n) is 1.42. The normalized spacial score (nSPS) is 10.2. The zero-order valence-corrected chi connectivity index (χ0v) is 10.3. The number of benzene rings is 1. The summed E-state index contributed by atoms with van der Waals surface area (Å²) >= 11 is 1.07. The summed E-state index contributed by atoms with van der Waals surface area (Å²) in [6.45, 7) is 3.80. The van der Waals surface area contributed by atoms with Gasteiger partial charge in [0.1, 0.15) is 4.88 Å². The van der Waals surface area contributed by atoms with Crippen LogP contribution in [0.25, 0.3) is 0 Å². The number of amides is 1. The maximum atomic E-state index is 11.8. The molecule has 0 spiro atoms. The number of aryl methyl sites for hydroxylation is 2. The van der Waals surface area contributed by atoms with Gasteiger partial charge in [-0.3, -0.25) is 4.79 Å². The van der Waals surface area contributed by atoms with Gasteiger partial charge in [0.05, 0.1) is 6.20 Å². The Hall–Kier alpha value is -1.95. The largest absolute Gasteiger partial charge is 0.399 e. The lowest BCUT2D eigenvalue weighted by Crippen LogP contribution is -2.11. The number of nitrogens with two attached hydrogens (primary N) is 1. The third-order valence-electron chi connectivity index (χ3n) is 2.45. The Morgan fingerprint density at radius 2 is 2.12 bits per heavy atom. The minimum absolute atomic E-state index is 0.202. The van der Waals surface area contributed by atoms with Gasteiger partial charge in [-0.25, -0.2) is 0 Å². The first kappa shape index (κ1) is 11.5. The minimum atomic E-state index is -0.202. The summed E-state index contributed by atoms with van der Waals surface area (Å²) < 4.78 is 3.65. The summed E-state index contributed by atoms with van der Waals surface area (Å²) in [7, 11) is 0. The van der Waals surface area contributed by atoms with E-state index in [1.54, 1.807) is 0 Å². The van der Waals surface area contributed by atoms with Crippen molar-refractivity contribution in [2.45, 2.75) is 13.8 Å². The van der Waals surface area contributed by atoms with Crippen molar-refractivity contribution in [1.82, 2.24) is 9.59 Å². The first-order valence-corrected chi connectivity index (χ1v) is 5.80. The van der Waals surface area contributed by atoms with Crippen LogP contribution in [0, 0.1) is 13.8 Å². The van der Waals surface area contributed by atoms with Crippen molar-refractivity contribution < 1.29 is 4.79 Å². The van der Waals surface area contributed by atoms with E-state index in [9.17, 15) is 4.79 Å². The number of anilines is 2. The zero-order valence-electron chi connectivity index (χ0n) is 9.52. The molecule has 0 aliphatic carbocycles. The summed E-state index contributed by atoms with van der Waals surface area (Å²) in [5.41, 5.74) is 9.13. The van der Waals surface area contributed by atoms with E-state index in [-0.39, 0.29) is 5.91 Å². The molecule has 3 N–H and O–H groups in total. The van der Waals surface area contributed by atoms with Gasteiger partial charge in [-0.2, -0.15) is 0 Å². The predicted octanol–water partition coefficient (Wildman–Crippen LogP) is 1.99. The Kier molecular flexibility index (Phi) is 3.06. The van der Waals surface area contributed by atoms with Gasteiger partial charge in [0, 0.05) is 11.4 Å². The Labute approximate surface area is 103 Å². The van der Waals surface area contributed by atoms with Gasteiger partial charge in [0.15, 0.2) is 0 Å². The molecule has 0 fully saturated rings. The molecule has 0 aliphatic rings. The summed E-state index contributed by atoms with van der Waals surface area (Å²) in [5.74, 6) is -0.202. The molecule has 1 aromatic carbocycles. The molecule has 0 aliphatic heterocycles. The first-order chi connectivity index (χ1) is 8.08. The molecule has 0 saturated carbocycles. The van der Waals surface area contributed by atoms with E-state index in [0.717, 1.165) is 34.0 Å². The van der Waals surface area contributed by atoms with Crippen LogP contribution in [0.2, 0.25) is 0 Å². The zero-order chi connectivity index (χ0) is 12.4. The first-order valence-electron chi connectivity index (χ1n) is 5.03. The molecule has 1 heterocycles. The number of rotatable bonds is 2. The van der Waals surface area contributed by atoms with Crippen LogP contribution in [-0.4, -0.2) is 15.5 Å². The van der Waals surface area contributed by atoms with Crippen molar-refractivity contribution in [3.05, 3.63) is 34.3 Å². The molecular weight excluding hydrogens is 236 g/mol. The number of carbonyl (C=O) groups is 1. The van der Waals surface area contributed by atoms with Crippen molar-refractivity contribution in [2.24, 2.45) is 0 Å². The van der Waals surface area contributed by atoms with E-state index in [1.807, 2.05) is 26.0 Å². The third kappa shape index (κ3) is 2.42. The van der Waals surface area contributed by atoms with E-state index in [1.165, 1.54) is 6.20 Å². The van der Waals surface area contributed by atoms with E-state index in [2.05, 4.69) is 14.9 Å². The molecule has 1 aromatic heterocycles. The highest BCUT2D eigenvalue weighted by atomic mass is 32.1. The van der Waals surface area contributed by atoms with Crippen LogP contribution in [0.3, 0.4) is 0 Å². The summed E-state index contributed by atoms with van der Waals surface area (Å²) in [5, 5.41) is 6.44. The Morgan fingerprint density at radius 3 is 2.76 bits per heavy atom. The monoisotopic (exact) mass is 248 g/mol. The van der Waals surface area contributed by atoms with Crippen LogP contribution in [0.15, 0.2) is 18.3 Å². The number of aromatic nitrogens is 2. The molecule has 0 atom stereocenters. The Bertz CT molecular complexity index is 551. The van der Waals surface area contributed by atoms with E-state index in [0.29, 0.717) is 4.88 Å². The second kappa shape index (κ2) is 4.50. The maximum Gasteiger partial charge on any atom is 0.269 e. The standard InChI is InChI=1S/C11H12N4OS/c1-6-4-9(7(2)3-8(6)12)14-11(16)10-5-13-15-17-10/h3-5H,12H2,1-2H3,(H,14,16). The molecule has 6 heteroatoms. The SMILES string of the molecule is Cc1cc(NC(=O)c2cnns2)c(C)cc1N. The molecule has 0 radical (unpaired) electrons. The third-order valence-corrected chi connectivity index (χ3v) is 3.11. The lowest BCUT2D eigenvalue weighted by molar-refractivity contribution is 0.103. The van der Waals surface area contributed by atoms with Crippen LogP contribution < -0.4 is 11.1 Å². The molecule has 0 bridgehead atoms. The van der Waals surface area contributed by atoms with Crippen LogP contribution in [0.1, 0.15) is 20.8 Å². The molecular formula is C11H12N4OS. The molecule has 1 amide bonds. The molecule has 88 valence electrons. The Morgan fingerprint density at radius 1 is 1.35 bits per heavy atom. The highest BCUT2D eigenvalue weighted by molar-refractivity contribution is 7.07. The van der Waals surface area contributed by atoms with Crippen molar-refractivity contribution in [3.8, 4) is 0 Å². The molecule has 17 heavy (non-hydrogen) atoms. The smallest absolute Gasteiger partial charge is 0.269 e. The summed E-state index contributed by atoms with van der Waals surface area (Å²) in [6, 6.07) is 3.70. The summed E-state index contributed by atoms with van der Waals surface area (Å²) in [6.07, 6.45) is 1.44. The fourth-order valence-corrected chi connectivity index (χ4v) is 1.83. The second-order valence-electron chi connectivity index (χ2n) is 3.76. The average molecular weight is 248 g/mol. The molecule has 2 rings (SSSR count). The highest BCUT2D eigenvalue weighted by Crippen LogP contribution is 2.22. The van der Waals surface area contributed by atoms with Crippen molar-refractivity contribution in [3.63, 3.8) is 0 Å². The van der Waals surface area contributed by atoms with Gasteiger partial charge < -0.3 is 11.1 Å². The van der Waals surface area contributed by atoms with Gasteiger partial charge >= 0.3 is 0 Å². The number of hydrogen-bond acceptors (Lipinski definition) is 5. The molecule has 0 saturated heterocycles. The minimum Gasteiger partial charge on any atom is -0.399 e. The fraction of sp³-hybridized carbons (Fsp3) is 0.182. The quantitative estimate of drug-likeness (QED) is 0.796. The van der Waals surface area contributed by atoms with E-state index >= 15 is 0 Å². The number of nitrogens with one attached hydrogen (secondary N) is 1. The topological polar surface area (TPSA) is 80.9 Å². The van der Waals surface area contributed by atoms with Crippen molar-refractivity contribution in [1.29, 1.82) is 0 Å². The van der Waals surface area contributed by atoms with Gasteiger partial charge in [-0.15, -0.1) is 5.10 Å². The van der Waals surface area contributed by atoms with Gasteiger partial charge in [-0.1, -0.05) is 4.49 Å². The number of carbonyl (C=O) groups excluding carboxylic acids is 1. The van der Waals surface area contributed by atoms with Crippen molar-refractivity contribution in [2.75, 3.05) is 11.1 Å². The number of nitrogens with zero attached hydrogens (tertiary/aromatic N) is 2. The molecule has 2 aromatic rings. The van der Waals surface area contributed by atoms with E-state index < -0.39 is 0 Å². The summed E-state index contributed by atoms with van der Waals surface area (Å²) in [4.78, 5) is 12.3. The van der Waals surface area contributed by atoms with Crippen molar-refractivity contribution >= 4 is 28.8 Å². The molecule has 5 nitrogen and oxygen atoms in total. The predicted molar refractivity (Wildman–Crippen MR) is 68.2 cm³/mol.